The molecule has 1 amide bonds. The Morgan fingerprint density at radius 2 is 1.86 bits per heavy atom. The summed E-state index contributed by atoms with van der Waals surface area (Å²) in [5, 5.41) is 2.82. The van der Waals surface area contributed by atoms with E-state index in [9.17, 15) is 9.18 Å². The largest absolute Gasteiger partial charge is 0.377 e. The highest BCUT2D eigenvalue weighted by Crippen LogP contribution is 2.18. The molecule has 0 saturated carbocycles. The molecule has 0 spiro atoms. The van der Waals surface area contributed by atoms with Crippen molar-refractivity contribution < 1.29 is 13.9 Å². The van der Waals surface area contributed by atoms with Gasteiger partial charge in [0.15, 0.2) is 0 Å². The third-order valence-corrected chi connectivity index (χ3v) is 3.78. The van der Waals surface area contributed by atoms with E-state index >= 15 is 0 Å². The normalized spacial score (nSPS) is 10.5. The molecule has 0 aliphatic rings. The molecule has 0 atom stereocenters. The Kier molecular flexibility index (Phi) is 6.10. The minimum atomic E-state index is -0.381. The van der Waals surface area contributed by atoms with Crippen LogP contribution >= 0.6 is 15.9 Å². The molecular weight excluding hydrogens is 349 g/mol. The van der Waals surface area contributed by atoms with Gasteiger partial charge < -0.3 is 10.1 Å². The first-order chi connectivity index (χ1) is 10.6. The van der Waals surface area contributed by atoms with Crippen LogP contribution in [0.1, 0.15) is 28.4 Å². The number of nitrogens with one attached hydrogen (secondary N) is 1. The van der Waals surface area contributed by atoms with E-state index < -0.39 is 0 Å². The summed E-state index contributed by atoms with van der Waals surface area (Å²) in [7, 11) is 0. The predicted octanol–water partition coefficient (Wildman–Crippen LogP) is 4.05. The van der Waals surface area contributed by atoms with E-state index in [-0.39, 0.29) is 11.7 Å². The summed E-state index contributed by atoms with van der Waals surface area (Å²) in [6.07, 6.45) is 0. The van der Waals surface area contributed by atoms with Gasteiger partial charge in [-0.2, -0.15) is 0 Å². The van der Waals surface area contributed by atoms with Crippen molar-refractivity contribution >= 4 is 21.8 Å². The number of halogens is 2. The summed E-state index contributed by atoms with van der Waals surface area (Å²) < 4.78 is 18.8. The van der Waals surface area contributed by atoms with Crippen molar-refractivity contribution in [3.05, 3.63) is 69.4 Å². The fourth-order valence-corrected chi connectivity index (χ4v) is 2.46. The maximum absolute atomic E-state index is 13.0. The molecule has 0 bridgehead atoms. The standard InChI is InChI=1S/C17H17BrFNO2/c1-2-22-11-13-5-3-12(4-6-13)10-20-17(21)15-8-7-14(19)9-16(15)18/h3-9H,2,10-11H2,1H3,(H,20,21). The monoisotopic (exact) mass is 365 g/mol. The first kappa shape index (κ1) is 16.6. The molecule has 0 unspecified atom stereocenters. The third-order valence-electron chi connectivity index (χ3n) is 3.12. The Morgan fingerprint density at radius 3 is 2.50 bits per heavy atom. The molecule has 0 aliphatic heterocycles. The van der Waals surface area contributed by atoms with E-state index in [0.29, 0.717) is 29.8 Å². The number of benzene rings is 2. The highest BCUT2D eigenvalue weighted by molar-refractivity contribution is 9.10. The van der Waals surface area contributed by atoms with Gasteiger partial charge in [-0.15, -0.1) is 0 Å². The number of rotatable bonds is 6. The minimum Gasteiger partial charge on any atom is -0.377 e. The van der Waals surface area contributed by atoms with Crippen molar-refractivity contribution in [1.29, 1.82) is 0 Å². The molecule has 0 aliphatic carbocycles. The van der Waals surface area contributed by atoms with Gasteiger partial charge in [-0.25, -0.2) is 4.39 Å². The first-order valence-corrected chi connectivity index (χ1v) is 7.78. The molecular formula is C17H17BrFNO2. The summed E-state index contributed by atoms with van der Waals surface area (Å²) in [6, 6.07) is 11.9. The summed E-state index contributed by atoms with van der Waals surface area (Å²) in [4.78, 5) is 12.1. The summed E-state index contributed by atoms with van der Waals surface area (Å²) >= 11 is 3.19. The topological polar surface area (TPSA) is 38.3 Å². The second kappa shape index (κ2) is 8.06. The maximum Gasteiger partial charge on any atom is 0.252 e. The summed E-state index contributed by atoms with van der Waals surface area (Å²) in [5.41, 5.74) is 2.50. The molecule has 2 aromatic rings. The van der Waals surface area contributed by atoms with Crippen LogP contribution in [-0.4, -0.2) is 12.5 Å². The smallest absolute Gasteiger partial charge is 0.252 e. The molecule has 1 N–H and O–H groups in total. The Hall–Kier alpha value is -1.72. The van der Waals surface area contributed by atoms with Gasteiger partial charge in [0.05, 0.1) is 12.2 Å². The van der Waals surface area contributed by atoms with Gasteiger partial charge in [-0.3, -0.25) is 4.79 Å². The lowest BCUT2D eigenvalue weighted by Crippen LogP contribution is -2.23. The van der Waals surface area contributed by atoms with Gasteiger partial charge in [-0.1, -0.05) is 24.3 Å². The Bertz CT molecular complexity index is 644. The molecule has 0 saturated heterocycles. The van der Waals surface area contributed by atoms with Crippen molar-refractivity contribution in [2.75, 3.05) is 6.61 Å². The summed E-state index contributed by atoms with van der Waals surface area (Å²) in [5.74, 6) is -0.626. The van der Waals surface area contributed by atoms with Crippen molar-refractivity contribution in [2.45, 2.75) is 20.1 Å². The van der Waals surface area contributed by atoms with E-state index in [1.165, 1.54) is 18.2 Å². The molecule has 0 aromatic heterocycles. The minimum absolute atomic E-state index is 0.245. The second-order valence-electron chi connectivity index (χ2n) is 4.76. The number of hydrogen-bond donors (Lipinski definition) is 1. The van der Waals surface area contributed by atoms with Crippen LogP contribution in [0.3, 0.4) is 0 Å². The maximum atomic E-state index is 13.0. The number of carbonyl (C=O) groups excluding carboxylic acids is 1. The fourth-order valence-electron chi connectivity index (χ4n) is 1.92. The van der Waals surface area contributed by atoms with Gasteiger partial charge >= 0.3 is 0 Å². The van der Waals surface area contributed by atoms with Crippen LogP contribution in [-0.2, 0) is 17.9 Å². The Labute approximate surface area is 137 Å². The number of amides is 1. The lowest BCUT2D eigenvalue weighted by atomic mass is 10.1. The molecule has 0 fully saturated rings. The zero-order chi connectivity index (χ0) is 15.9. The van der Waals surface area contributed by atoms with Crippen LogP contribution in [0.4, 0.5) is 4.39 Å². The lowest BCUT2D eigenvalue weighted by molar-refractivity contribution is 0.0950. The van der Waals surface area contributed by atoms with Gasteiger partial charge in [0.2, 0.25) is 0 Å². The molecule has 2 aromatic carbocycles. The molecule has 116 valence electrons. The average molecular weight is 366 g/mol. The predicted molar refractivity (Wildman–Crippen MR) is 87.0 cm³/mol. The first-order valence-electron chi connectivity index (χ1n) is 6.99. The average Bonchev–Trinajstić information content (AvgIpc) is 2.51. The van der Waals surface area contributed by atoms with Crippen LogP contribution < -0.4 is 5.32 Å². The van der Waals surface area contributed by atoms with Crippen molar-refractivity contribution in [2.24, 2.45) is 0 Å². The SMILES string of the molecule is CCOCc1ccc(CNC(=O)c2ccc(F)cc2Br)cc1. The number of ether oxygens (including phenoxy) is 1. The number of carbonyl (C=O) groups is 1. The van der Waals surface area contributed by atoms with E-state index in [1.807, 2.05) is 31.2 Å². The van der Waals surface area contributed by atoms with E-state index in [0.717, 1.165) is 11.1 Å². The highest BCUT2D eigenvalue weighted by Gasteiger charge is 2.10. The highest BCUT2D eigenvalue weighted by atomic mass is 79.9. The van der Waals surface area contributed by atoms with E-state index in [2.05, 4.69) is 21.2 Å². The number of hydrogen-bond acceptors (Lipinski definition) is 2. The van der Waals surface area contributed by atoms with Crippen molar-refractivity contribution in [3.8, 4) is 0 Å². The van der Waals surface area contributed by atoms with Crippen LogP contribution in [0.2, 0.25) is 0 Å². The molecule has 2 rings (SSSR count). The Morgan fingerprint density at radius 1 is 1.18 bits per heavy atom. The van der Waals surface area contributed by atoms with Gasteiger partial charge in [0.1, 0.15) is 5.82 Å². The lowest BCUT2D eigenvalue weighted by Gasteiger charge is -2.08. The second-order valence-corrected chi connectivity index (χ2v) is 5.61. The van der Waals surface area contributed by atoms with Crippen LogP contribution in [0, 0.1) is 5.82 Å². The van der Waals surface area contributed by atoms with Crippen molar-refractivity contribution in [1.82, 2.24) is 5.32 Å². The van der Waals surface area contributed by atoms with Crippen LogP contribution in [0.25, 0.3) is 0 Å². The van der Waals surface area contributed by atoms with E-state index in [1.54, 1.807) is 0 Å². The van der Waals surface area contributed by atoms with Gasteiger partial charge in [-0.05, 0) is 52.2 Å². The van der Waals surface area contributed by atoms with Crippen LogP contribution in [0.15, 0.2) is 46.9 Å². The zero-order valence-corrected chi connectivity index (χ0v) is 13.8. The van der Waals surface area contributed by atoms with Crippen LogP contribution in [0.5, 0.6) is 0 Å². The van der Waals surface area contributed by atoms with Crippen molar-refractivity contribution in [3.63, 3.8) is 0 Å². The molecule has 5 heteroatoms. The zero-order valence-electron chi connectivity index (χ0n) is 12.2. The molecule has 0 radical (unpaired) electrons. The Balaban J connectivity index is 1.93. The third kappa shape index (κ3) is 4.64. The van der Waals surface area contributed by atoms with Gasteiger partial charge in [0.25, 0.3) is 5.91 Å². The fraction of sp³-hybridized carbons (Fsp3) is 0.235. The van der Waals surface area contributed by atoms with E-state index in [4.69, 9.17) is 4.74 Å². The molecule has 22 heavy (non-hydrogen) atoms. The quantitative estimate of drug-likeness (QED) is 0.838. The van der Waals surface area contributed by atoms with Gasteiger partial charge in [0, 0.05) is 17.6 Å². The molecule has 0 heterocycles. The molecule has 3 nitrogen and oxygen atoms in total. The summed E-state index contributed by atoms with van der Waals surface area (Å²) in [6.45, 7) is 3.64.